The van der Waals surface area contributed by atoms with Gasteiger partial charge in [0.25, 0.3) is 0 Å². The van der Waals surface area contributed by atoms with Gasteiger partial charge < -0.3 is 18.9 Å². The third-order valence-electron chi connectivity index (χ3n) is 4.00. The second-order valence-corrected chi connectivity index (χ2v) is 5.43. The molecule has 0 unspecified atom stereocenters. The number of hydrogen-bond acceptors (Lipinski definition) is 4. The molecular weight excluding hydrogens is 252 g/mol. The van der Waals surface area contributed by atoms with E-state index in [0.717, 1.165) is 43.1 Å². The number of ether oxygens (including phenoxy) is 1. The Kier molecular flexibility index (Phi) is 3.89. The van der Waals surface area contributed by atoms with E-state index in [1.54, 1.807) is 7.11 Å². The summed E-state index contributed by atoms with van der Waals surface area (Å²) in [6.07, 6.45) is 5.12. The van der Waals surface area contributed by atoms with Gasteiger partial charge in [-0.15, -0.1) is 0 Å². The van der Waals surface area contributed by atoms with Crippen molar-refractivity contribution in [2.24, 2.45) is 0 Å². The van der Waals surface area contributed by atoms with Crippen molar-refractivity contribution in [2.75, 3.05) is 46.9 Å². The topological polar surface area (TPSA) is 33.0 Å². The molecule has 2 aromatic heterocycles. The number of aromatic nitrogens is 2. The first kappa shape index (κ1) is 13.4. The Morgan fingerprint density at radius 3 is 2.80 bits per heavy atom. The Hall–Kier alpha value is -1.59. The number of imidazole rings is 1. The predicted molar refractivity (Wildman–Crippen MR) is 79.4 cm³/mol. The van der Waals surface area contributed by atoms with Crippen LogP contribution in [0.1, 0.15) is 5.69 Å². The van der Waals surface area contributed by atoms with Gasteiger partial charge in [0.2, 0.25) is 0 Å². The molecule has 108 valence electrons. The average molecular weight is 274 g/mol. The molecule has 1 aliphatic heterocycles. The van der Waals surface area contributed by atoms with Crippen LogP contribution in [0.5, 0.6) is 5.75 Å². The van der Waals surface area contributed by atoms with Crippen molar-refractivity contribution in [2.45, 2.75) is 6.42 Å². The largest absolute Gasteiger partial charge is 0.493 e. The molecule has 0 aliphatic carbocycles. The molecule has 3 heterocycles. The Labute approximate surface area is 119 Å². The van der Waals surface area contributed by atoms with Crippen LogP contribution >= 0.6 is 0 Å². The van der Waals surface area contributed by atoms with E-state index in [9.17, 15) is 0 Å². The van der Waals surface area contributed by atoms with Crippen molar-refractivity contribution in [3.8, 4) is 5.75 Å². The minimum Gasteiger partial charge on any atom is -0.493 e. The summed E-state index contributed by atoms with van der Waals surface area (Å²) in [4.78, 5) is 9.58. The Bertz CT molecular complexity index is 572. The van der Waals surface area contributed by atoms with Crippen molar-refractivity contribution in [3.63, 3.8) is 0 Å². The third kappa shape index (κ3) is 2.78. The summed E-state index contributed by atoms with van der Waals surface area (Å²) < 4.78 is 7.39. The lowest BCUT2D eigenvalue weighted by Gasteiger charge is -2.32. The zero-order chi connectivity index (χ0) is 13.9. The quantitative estimate of drug-likeness (QED) is 0.837. The molecule has 0 amide bonds. The van der Waals surface area contributed by atoms with Crippen LogP contribution in [0.15, 0.2) is 24.5 Å². The normalized spacial score (nSPS) is 17.7. The maximum absolute atomic E-state index is 5.35. The summed E-state index contributed by atoms with van der Waals surface area (Å²) in [5.41, 5.74) is 2.04. The summed E-state index contributed by atoms with van der Waals surface area (Å²) in [6.45, 7) is 5.73. The van der Waals surface area contributed by atoms with E-state index in [2.05, 4.69) is 28.0 Å². The molecule has 0 N–H and O–H groups in total. The minimum absolute atomic E-state index is 0.832. The number of pyridine rings is 1. The Balaban J connectivity index is 1.66. The Morgan fingerprint density at radius 2 is 2.05 bits per heavy atom. The first-order valence-corrected chi connectivity index (χ1v) is 7.18. The van der Waals surface area contributed by atoms with E-state index in [1.807, 2.05) is 22.7 Å². The molecule has 5 nitrogen and oxygen atoms in total. The van der Waals surface area contributed by atoms with E-state index in [4.69, 9.17) is 4.74 Å². The Morgan fingerprint density at radius 1 is 1.25 bits per heavy atom. The molecule has 3 rings (SSSR count). The van der Waals surface area contributed by atoms with Crippen LogP contribution in [-0.4, -0.2) is 66.1 Å². The fourth-order valence-electron chi connectivity index (χ4n) is 2.66. The van der Waals surface area contributed by atoms with Gasteiger partial charge in [0.1, 0.15) is 0 Å². The molecule has 20 heavy (non-hydrogen) atoms. The van der Waals surface area contributed by atoms with Gasteiger partial charge >= 0.3 is 0 Å². The molecule has 5 heteroatoms. The second-order valence-electron chi connectivity index (χ2n) is 5.43. The average Bonchev–Trinajstić information content (AvgIpc) is 2.89. The maximum atomic E-state index is 5.35. The van der Waals surface area contributed by atoms with Crippen LogP contribution in [0.4, 0.5) is 0 Å². The maximum Gasteiger partial charge on any atom is 0.179 e. The highest BCUT2D eigenvalue weighted by molar-refractivity contribution is 5.54. The molecule has 0 radical (unpaired) electrons. The fraction of sp³-hybridized carbons (Fsp3) is 0.533. The highest BCUT2D eigenvalue weighted by Gasteiger charge is 2.14. The zero-order valence-corrected chi connectivity index (χ0v) is 12.2. The van der Waals surface area contributed by atoms with E-state index < -0.39 is 0 Å². The monoisotopic (exact) mass is 274 g/mol. The summed E-state index contributed by atoms with van der Waals surface area (Å²) in [5.74, 6) is 0.832. The molecular formula is C15H22N4O. The van der Waals surface area contributed by atoms with Crippen molar-refractivity contribution >= 4 is 5.65 Å². The van der Waals surface area contributed by atoms with Crippen molar-refractivity contribution in [3.05, 3.63) is 30.2 Å². The van der Waals surface area contributed by atoms with Crippen LogP contribution in [0.2, 0.25) is 0 Å². The van der Waals surface area contributed by atoms with E-state index in [-0.39, 0.29) is 0 Å². The summed E-state index contributed by atoms with van der Waals surface area (Å²) in [6, 6.07) is 3.93. The molecule has 1 saturated heterocycles. The summed E-state index contributed by atoms with van der Waals surface area (Å²) in [7, 11) is 3.87. The van der Waals surface area contributed by atoms with Crippen molar-refractivity contribution < 1.29 is 4.74 Å². The number of fused-ring (bicyclic) bond motifs is 1. The number of nitrogens with zero attached hydrogens (tertiary/aromatic N) is 4. The van der Waals surface area contributed by atoms with Crippen LogP contribution < -0.4 is 4.74 Å². The van der Waals surface area contributed by atoms with Gasteiger partial charge in [0.15, 0.2) is 11.4 Å². The van der Waals surface area contributed by atoms with E-state index in [0.29, 0.717) is 0 Å². The smallest absolute Gasteiger partial charge is 0.179 e. The summed E-state index contributed by atoms with van der Waals surface area (Å²) in [5, 5.41) is 0. The zero-order valence-electron chi connectivity index (χ0n) is 12.2. The van der Waals surface area contributed by atoms with Crippen LogP contribution in [0.3, 0.4) is 0 Å². The number of rotatable bonds is 4. The van der Waals surface area contributed by atoms with E-state index in [1.165, 1.54) is 13.1 Å². The van der Waals surface area contributed by atoms with E-state index >= 15 is 0 Å². The molecule has 0 atom stereocenters. The molecule has 1 aliphatic rings. The van der Waals surface area contributed by atoms with Gasteiger partial charge in [-0.2, -0.15) is 0 Å². The van der Waals surface area contributed by atoms with Gasteiger partial charge in [0, 0.05) is 51.5 Å². The second kappa shape index (κ2) is 5.81. The SMILES string of the molecule is COc1cccn2cc(CCN3CCN(C)CC3)nc12. The van der Waals surface area contributed by atoms with Gasteiger partial charge in [-0.1, -0.05) is 0 Å². The molecule has 0 spiro atoms. The fourth-order valence-corrected chi connectivity index (χ4v) is 2.66. The first-order chi connectivity index (χ1) is 9.76. The minimum atomic E-state index is 0.832. The molecule has 2 aromatic rings. The van der Waals surface area contributed by atoms with Gasteiger partial charge in [0.05, 0.1) is 12.8 Å². The number of hydrogen-bond donors (Lipinski definition) is 0. The molecule has 0 bridgehead atoms. The third-order valence-corrected chi connectivity index (χ3v) is 4.00. The van der Waals surface area contributed by atoms with Gasteiger partial charge in [-0.25, -0.2) is 4.98 Å². The highest BCUT2D eigenvalue weighted by atomic mass is 16.5. The van der Waals surface area contributed by atoms with Crippen LogP contribution in [-0.2, 0) is 6.42 Å². The standard InChI is InChI=1S/C15H22N4O/c1-17-8-10-18(11-9-17)7-5-13-12-19-6-3-4-14(20-2)15(19)16-13/h3-4,6,12H,5,7-11H2,1-2H3. The molecule has 0 aromatic carbocycles. The number of methoxy groups -OCH3 is 1. The predicted octanol–water partition coefficient (Wildman–Crippen LogP) is 1.13. The van der Waals surface area contributed by atoms with Crippen LogP contribution in [0.25, 0.3) is 5.65 Å². The van der Waals surface area contributed by atoms with Crippen LogP contribution in [0, 0.1) is 0 Å². The van der Waals surface area contributed by atoms with Gasteiger partial charge in [-0.05, 0) is 19.2 Å². The first-order valence-electron chi connectivity index (χ1n) is 7.18. The lowest BCUT2D eigenvalue weighted by atomic mass is 10.2. The highest BCUT2D eigenvalue weighted by Crippen LogP contribution is 2.18. The van der Waals surface area contributed by atoms with Gasteiger partial charge in [-0.3, -0.25) is 0 Å². The number of piperazine rings is 1. The summed E-state index contributed by atoms with van der Waals surface area (Å²) >= 11 is 0. The molecule has 0 saturated carbocycles. The lowest BCUT2D eigenvalue weighted by Crippen LogP contribution is -2.45. The molecule has 1 fully saturated rings. The van der Waals surface area contributed by atoms with Crippen molar-refractivity contribution in [1.82, 2.24) is 19.2 Å². The number of likely N-dealkylation sites (N-methyl/N-ethyl adjacent to an activating group) is 1. The van der Waals surface area contributed by atoms with Crippen molar-refractivity contribution in [1.29, 1.82) is 0 Å². The lowest BCUT2D eigenvalue weighted by molar-refractivity contribution is 0.155.